The average molecular weight is 292 g/mol. The van der Waals surface area contributed by atoms with Gasteiger partial charge in [0.2, 0.25) is 10.0 Å². The average Bonchev–Trinajstić information content (AvgIpc) is 2.40. The van der Waals surface area contributed by atoms with Crippen LogP contribution in [0.3, 0.4) is 0 Å². The standard InChI is InChI=1S/C13H16N4O2S/c14-11-3-4-12(13(8-11)20(15,18)19)17-7-5-10-2-1-6-16-9-10/h1-4,6,8-9,17H,5,7,14H2,(H2,15,18,19). The van der Waals surface area contributed by atoms with E-state index >= 15 is 0 Å². The highest BCUT2D eigenvalue weighted by atomic mass is 32.2. The highest BCUT2D eigenvalue weighted by Gasteiger charge is 2.14. The number of nitrogens with one attached hydrogen (secondary N) is 1. The zero-order valence-corrected chi connectivity index (χ0v) is 11.6. The molecule has 20 heavy (non-hydrogen) atoms. The van der Waals surface area contributed by atoms with Gasteiger partial charge >= 0.3 is 0 Å². The number of nitrogen functional groups attached to an aromatic ring is 1. The van der Waals surface area contributed by atoms with Crippen LogP contribution in [0.25, 0.3) is 0 Å². The molecule has 0 aliphatic heterocycles. The minimum Gasteiger partial charge on any atom is -0.399 e. The minimum absolute atomic E-state index is 0.00341. The Bertz CT molecular complexity index is 687. The van der Waals surface area contributed by atoms with Crippen molar-refractivity contribution in [3.63, 3.8) is 0 Å². The smallest absolute Gasteiger partial charge is 0.240 e. The molecule has 0 aliphatic carbocycles. The lowest BCUT2D eigenvalue weighted by Crippen LogP contribution is -2.16. The lowest BCUT2D eigenvalue weighted by atomic mass is 10.2. The van der Waals surface area contributed by atoms with E-state index in [1.165, 1.54) is 6.07 Å². The Labute approximate surface area is 117 Å². The number of hydrogen-bond donors (Lipinski definition) is 3. The number of pyridine rings is 1. The molecule has 0 radical (unpaired) electrons. The number of primary sulfonamides is 1. The minimum atomic E-state index is -3.81. The Balaban J connectivity index is 2.10. The highest BCUT2D eigenvalue weighted by Crippen LogP contribution is 2.22. The summed E-state index contributed by atoms with van der Waals surface area (Å²) in [7, 11) is -3.81. The van der Waals surface area contributed by atoms with Crippen molar-refractivity contribution >= 4 is 21.4 Å². The summed E-state index contributed by atoms with van der Waals surface area (Å²) in [4.78, 5) is 4.02. The van der Waals surface area contributed by atoms with E-state index in [1.807, 2.05) is 12.1 Å². The molecule has 0 saturated carbocycles. The van der Waals surface area contributed by atoms with Gasteiger partial charge in [0.05, 0.1) is 5.69 Å². The van der Waals surface area contributed by atoms with E-state index in [0.717, 1.165) is 12.0 Å². The molecule has 1 heterocycles. The first-order chi connectivity index (χ1) is 9.47. The number of rotatable bonds is 5. The predicted molar refractivity (Wildman–Crippen MR) is 78.7 cm³/mol. The molecule has 0 bridgehead atoms. The van der Waals surface area contributed by atoms with Crippen molar-refractivity contribution in [3.05, 3.63) is 48.3 Å². The number of anilines is 2. The van der Waals surface area contributed by atoms with Crippen LogP contribution in [-0.2, 0) is 16.4 Å². The maximum Gasteiger partial charge on any atom is 0.240 e. The Morgan fingerprint density at radius 1 is 1.25 bits per heavy atom. The van der Waals surface area contributed by atoms with Crippen LogP contribution >= 0.6 is 0 Å². The van der Waals surface area contributed by atoms with Crippen LogP contribution in [-0.4, -0.2) is 19.9 Å². The fourth-order valence-corrected chi connectivity index (χ4v) is 2.55. The molecule has 7 heteroatoms. The van der Waals surface area contributed by atoms with Gasteiger partial charge in [-0.3, -0.25) is 4.98 Å². The van der Waals surface area contributed by atoms with Gasteiger partial charge in [-0.2, -0.15) is 0 Å². The molecule has 106 valence electrons. The topological polar surface area (TPSA) is 111 Å². The van der Waals surface area contributed by atoms with Crippen LogP contribution in [0.15, 0.2) is 47.6 Å². The molecule has 0 atom stereocenters. The highest BCUT2D eigenvalue weighted by molar-refractivity contribution is 7.89. The number of sulfonamides is 1. The summed E-state index contributed by atoms with van der Waals surface area (Å²) in [6, 6.07) is 8.40. The van der Waals surface area contributed by atoms with E-state index in [9.17, 15) is 8.42 Å². The third-order valence-corrected chi connectivity index (χ3v) is 3.71. The zero-order chi connectivity index (χ0) is 14.6. The molecule has 2 rings (SSSR count). The van der Waals surface area contributed by atoms with Crippen LogP contribution in [0.1, 0.15) is 5.56 Å². The molecule has 0 amide bonds. The third kappa shape index (κ3) is 3.69. The van der Waals surface area contributed by atoms with E-state index in [2.05, 4.69) is 10.3 Å². The van der Waals surface area contributed by atoms with Gasteiger partial charge in [-0.1, -0.05) is 6.07 Å². The van der Waals surface area contributed by atoms with Gasteiger partial charge in [0, 0.05) is 24.6 Å². The summed E-state index contributed by atoms with van der Waals surface area (Å²) in [6.07, 6.45) is 4.20. The van der Waals surface area contributed by atoms with E-state index in [1.54, 1.807) is 24.5 Å². The summed E-state index contributed by atoms with van der Waals surface area (Å²) in [6.45, 7) is 0.568. The van der Waals surface area contributed by atoms with Crippen molar-refractivity contribution in [2.45, 2.75) is 11.3 Å². The Morgan fingerprint density at radius 2 is 2.05 bits per heavy atom. The quantitative estimate of drug-likeness (QED) is 0.711. The van der Waals surface area contributed by atoms with Gasteiger partial charge in [-0.25, -0.2) is 13.6 Å². The van der Waals surface area contributed by atoms with Crippen LogP contribution in [0.4, 0.5) is 11.4 Å². The molecule has 1 aromatic heterocycles. The SMILES string of the molecule is Nc1ccc(NCCc2cccnc2)c(S(N)(=O)=O)c1. The van der Waals surface area contributed by atoms with Gasteiger partial charge in [0.15, 0.2) is 0 Å². The van der Waals surface area contributed by atoms with Gasteiger partial charge in [-0.15, -0.1) is 0 Å². The number of aromatic nitrogens is 1. The van der Waals surface area contributed by atoms with Crippen molar-refractivity contribution < 1.29 is 8.42 Å². The van der Waals surface area contributed by atoms with E-state index < -0.39 is 10.0 Å². The van der Waals surface area contributed by atoms with Gasteiger partial charge < -0.3 is 11.1 Å². The van der Waals surface area contributed by atoms with E-state index in [4.69, 9.17) is 10.9 Å². The fourth-order valence-electron chi connectivity index (χ4n) is 1.81. The molecule has 0 fully saturated rings. The third-order valence-electron chi connectivity index (χ3n) is 2.76. The van der Waals surface area contributed by atoms with Crippen molar-refractivity contribution in [2.24, 2.45) is 5.14 Å². The Kier molecular flexibility index (Phi) is 4.21. The largest absolute Gasteiger partial charge is 0.399 e. The number of hydrogen-bond acceptors (Lipinski definition) is 5. The maximum atomic E-state index is 11.5. The maximum absolute atomic E-state index is 11.5. The molecule has 0 spiro atoms. The normalized spacial score (nSPS) is 11.2. The van der Waals surface area contributed by atoms with Gasteiger partial charge in [0.25, 0.3) is 0 Å². The second kappa shape index (κ2) is 5.89. The molecule has 6 nitrogen and oxygen atoms in total. The lowest BCUT2D eigenvalue weighted by molar-refractivity contribution is 0.598. The summed E-state index contributed by atoms with van der Waals surface area (Å²) in [5.74, 6) is 0. The van der Waals surface area contributed by atoms with Gasteiger partial charge in [-0.05, 0) is 36.2 Å². The molecule has 0 saturated heterocycles. The second-order valence-electron chi connectivity index (χ2n) is 4.34. The van der Waals surface area contributed by atoms with Crippen LogP contribution in [0.5, 0.6) is 0 Å². The van der Waals surface area contributed by atoms with Crippen molar-refractivity contribution in [2.75, 3.05) is 17.6 Å². The summed E-state index contributed by atoms with van der Waals surface area (Å²) in [5, 5.41) is 8.23. The summed E-state index contributed by atoms with van der Waals surface area (Å²) >= 11 is 0. The van der Waals surface area contributed by atoms with Crippen molar-refractivity contribution in [1.82, 2.24) is 4.98 Å². The van der Waals surface area contributed by atoms with Crippen molar-refractivity contribution in [3.8, 4) is 0 Å². The molecular weight excluding hydrogens is 276 g/mol. The monoisotopic (exact) mass is 292 g/mol. The summed E-state index contributed by atoms with van der Waals surface area (Å²) < 4.78 is 23.0. The van der Waals surface area contributed by atoms with Crippen molar-refractivity contribution in [1.29, 1.82) is 0 Å². The lowest BCUT2D eigenvalue weighted by Gasteiger charge is -2.11. The molecule has 0 aliphatic rings. The molecular formula is C13H16N4O2S. The van der Waals surface area contributed by atoms with Gasteiger partial charge in [0.1, 0.15) is 4.90 Å². The number of nitrogens with two attached hydrogens (primary N) is 2. The Hall–Kier alpha value is -2.12. The van der Waals surface area contributed by atoms with E-state index in [-0.39, 0.29) is 4.90 Å². The first kappa shape index (κ1) is 14.3. The molecule has 1 aromatic carbocycles. The zero-order valence-electron chi connectivity index (χ0n) is 10.8. The summed E-state index contributed by atoms with van der Waals surface area (Å²) in [5.41, 5.74) is 7.45. The van der Waals surface area contributed by atoms with Crippen LogP contribution in [0.2, 0.25) is 0 Å². The number of nitrogens with zero attached hydrogens (tertiary/aromatic N) is 1. The second-order valence-corrected chi connectivity index (χ2v) is 5.87. The first-order valence-corrected chi connectivity index (χ1v) is 7.56. The van der Waals surface area contributed by atoms with Crippen LogP contribution < -0.4 is 16.2 Å². The van der Waals surface area contributed by atoms with Crippen LogP contribution in [0, 0.1) is 0 Å². The number of benzene rings is 1. The fraction of sp³-hybridized carbons (Fsp3) is 0.154. The first-order valence-electron chi connectivity index (χ1n) is 6.02. The predicted octanol–water partition coefficient (Wildman–Crippen LogP) is 0.966. The molecule has 5 N–H and O–H groups in total. The Morgan fingerprint density at radius 3 is 2.70 bits per heavy atom. The molecule has 0 unspecified atom stereocenters. The van der Waals surface area contributed by atoms with E-state index in [0.29, 0.717) is 17.9 Å². The molecule has 2 aromatic rings.